The molecule has 8 heteroatoms. The van der Waals surface area contributed by atoms with E-state index in [1.165, 1.54) is 12.0 Å². The fourth-order valence-corrected chi connectivity index (χ4v) is 3.29. The molecular formula is C13H15N3O4S. The summed E-state index contributed by atoms with van der Waals surface area (Å²) in [5.41, 5.74) is 0.763. The molecule has 0 radical (unpaired) electrons. The van der Waals surface area contributed by atoms with E-state index in [9.17, 15) is 13.2 Å². The van der Waals surface area contributed by atoms with E-state index in [-0.39, 0.29) is 30.5 Å². The van der Waals surface area contributed by atoms with Crippen LogP contribution in [0.15, 0.2) is 18.2 Å². The number of nitriles is 1. The molecule has 0 saturated carbocycles. The molecule has 7 nitrogen and oxygen atoms in total. The summed E-state index contributed by atoms with van der Waals surface area (Å²) in [6.07, 6.45) is 0.0957. The molecule has 1 amide bonds. The van der Waals surface area contributed by atoms with E-state index in [2.05, 4.69) is 0 Å². The largest absolute Gasteiger partial charge is 0.497 e. The van der Waals surface area contributed by atoms with Crippen LogP contribution in [-0.2, 0) is 14.8 Å². The lowest BCUT2D eigenvalue weighted by molar-refractivity contribution is -0.117. The van der Waals surface area contributed by atoms with Crippen LogP contribution in [0.1, 0.15) is 12.0 Å². The summed E-state index contributed by atoms with van der Waals surface area (Å²) < 4.78 is 27.4. The van der Waals surface area contributed by atoms with Gasteiger partial charge in [-0.15, -0.1) is 0 Å². The van der Waals surface area contributed by atoms with Gasteiger partial charge in [-0.1, -0.05) is 0 Å². The molecule has 1 heterocycles. The minimum absolute atomic E-state index is 0.0957. The molecule has 0 spiro atoms. The highest BCUT2D eigenvalue weighted by atomic mass is 32.2. The number of methoxy groups -OCH3 is 1. The number of nitrogens with zero attached hydrogens (tertiary/aromatic N) is 2. The van der Waals surface area contributed by atoms with Crippen molar-refractivity contribution in [3.63, 3.8) is 0 Å². The second-order valence-electron chi connectivity index (χ2n) is 4.90. The second kappa shape index (κ2) is 5.71. The van der Waals surface area contributed by atoms with Crippen molar-refractivity contribution in [2.45, 2.75) is 6.42 Å². The van der Waals surface area contributed by atoms with Gasteiger partial charge in [0.15, 0.2) is 0 Å². The van der Waals surface area contributed by atoms with Gasteiger partial charge < -0.3 is 9.64 Å². The third kappa shape index (κ3) is 3.51. The van der Waals surface area contributed by atoms with Crippen molar-refractivity contribution in [1.82, 2.24) is 0 Å². The molecule has 2 rings (SSSR count). The van der Waals surface area contributed by atoms with Crippen LogP contribution in [0.25, 0.3) is 0 Å². The number of carbonyl (C=O) groups is 1. The Bertz CT molecular complexity index is 709. The van der Waals surface area contributed by atoms with Crippen molar-refractivity contribution in [1.29, 1.82) is 5.26 Å². The van der Waals surface area contributed by atoms with E-state index < -0.39 is 10.0 Å². The third-order valence-corrected chi connectivity index (χ3v) is 4.23. The molecule has 0 aromatic heterocycles. The van der Waals surface area contributed by atoms with Gasteiger partial charge >= 0.3 is 0 Å². The van der Waals surface area contributed by atoms with E-state index in [1.54, 1.807) is 18.2 Å². The zero-order valence-electron chi connectivity index (χ0n) is 11.4. The number of hydrogen-bond acceptors (Lipinski definition) is 5. The molecule has 21 heavy (non-hydrogen) atoms. The van der Waals surface area contributed by atoms with Gasteiger partial charge in [-0.3, -0.25) is 4.79 Å². The number of benzene rings is 1. The van der Waals surface area contributed by atoms with Gasteiger partial charge in [0.2, 0.25) is 15.9 Å². The lowest BCUT2D eigenvalue weighted by atomic mass is 10.1. The number of carbonyl (C=O) groups excluding carboxylic acids is 1. The van der Waals surface area contributed by atoms with Crippen molar-refractivity contribution in [3.8, 4) is 11.8 Å². The van der Waals surface area contributed by atoms with Gasteiger partial charge in [0.25, 0.3) is 0 Å². The Morgan fingerprint density at radius 2 is 2.24 bits per heavy atom. The second-order valence-corrected chi connectivity index (χ2v) is 6.56. The van der Waals surface area contributed by atoms with E-state index in [0.717, 1.165) is 0 Å². The first-order chi connectivity index (χ1) is 9.84. The molecule has 1 atom stereocenters. The maximum Gasteiger partial charge on any atom is 0.227 e. The number of rotatable bonds is 4. The van der Waals surface area contributed by atoms with Crippen LogP contribution in [0.5, 0.6) is 5.75 Å². The molecule has 1 aromatic rings. The highest BCUT2D eigenvalue weighted by Gasteiger charge is 2.34. The van der Waals surface area contributed by atoms with Crippen molar-refractivity contribution in [2.24, 2.45) is 11.1 Å². The van der Waals surface area contributed by atoms with Crippen molar-refractivity contribution >= 4 is 21.6 Å². The summed E-state index contributed by atoms with van der Waals surface area (Å²) in [6.45, 7) is 0.219. The van der Waals surface area contributed by atoms with Crippen LogP contribution in [0, 0.1) is 17.2 Å². The summed E-state index contributed by atoms with van der Waals surface area (Å²) >= 11 is 0. The Labute approximate surface area is 123 Å². The van der Waals surface area contributed by atoms with Crippen LogP contribution in [-0.4, -0.2) is 33.7 Å². The molecule has 0 bridgehead atoms. The number of anilines is 1. The smallest absolute Gasteiger partial charge is 0.227 e. The first-order valence-corrected chi connectivity index (χ1v) is 7.94. The van der Waals surface area contributed by atoms with Gasteiger partial charge in [0.1, 0.15) is 11.8 Å². The van der Waals surface area contributed by atoms with Crippen molar-refractivity contribution < 1.29 is 17.9 Å². The molecule has 2 N–H and O–H groups in total. The predicted octanol–water partition coefficient (Wildman–Crippen LogP) is 0.208. The molecule has 1 fully saturated rings. The Hall–Kier alpha value is -2.11. The molecule has 1 unspecified atom stereocenters. The Balaban J connectivity index is 2.30. The van der Waals surface area contributed by atoms with Gasteiger partial charge in [-0.25, -0.2) is 13.6 Å². The predicted molar refractivity (Wildman–Crippen MR) is 76.1 cm³/mol. The molecular weight excluding hydrogens is 294 g/mol. The maximum atomic E-state index is 12.1. The van der Waals surface area contributed by atoms with Crippen LogP contribution in [0.4, 0.5) is 5.69 Å². The average Bonchev–Trinajstić information content (AvgIpc) is 2.76. The van der Waals surface area contributed by atoms with Crippen LogP contribution in [0.3, 0.4) is 0 Å². The number of amides is 1. The average molecular weight is 309 g/mol. The zero-order valence-corrected chi connectivity index (χ0v) is 12.3. The molecule has 1 saturated heterocycles. The first kappa shape index (κ1) is 15.3. The number of primary sulfonamides is 1. The summed E-state index contributed by atoms with van der Waals surface area (Å²) in [4.78, 5) is 13.5. The van der Waals surface area contributed by atoms with Gasteiger partial charge in [-0.05, 0) is 12.1 Å². The molecule has 1 aliphatic rings. The third-order valence-electron chi connectivity index (χ3n) is 3.29. The molecule has 1 aliphatic heterocycles. The lowest BCUT2D eigenvalue weighted by Crippen LogP contribution is -2.28. The monoisotopic (exact) mass is 309 g/mol. The number of hydrogen-bond donors (Lipinski definition) is 1. The maximum absolute atomic E-state index is 12.1. The summed E-state index contributed by atoms with van der Waals surface area (Å²) in [7, 11) is -2.15. The van der Waals surface area contributed by atoms with E-state index in [1.807, 2.05) is 6.07 Å². The normalized spacial score (nSPS) is 18.6. The van der Waals surface area contributed by atoms with Gasteiger partial charge in [0.05, 0.1) is 24.1 Å². The van der Waals surface area contributed by atoms with Gasteiger partial charge in [-0.2, -0.15) is 5.26 Å². The minimum atomic E-state index is -3.63. The van der Waals surface area contributed by atoms with Crippen molar-refractivity contribution in [3.05, 3.63) is 23.8 Å². The number of nitrogens with two attached hydrogens (primary N) is 1. The Morgan fingerprint density at radius 3 is 2.81 bits per heavy atom. The summed E-state index contributed by atoms with van der Waals surface area (Å²) in [5, 5.41) is 14.2. The summed E-state index contributed by atoms with van der Waals surface area (Å²) in [5.74, 6) is -0.327. The number of ether oxygens (including phenoxy) is 1. The van der Waals surface area contributed by atoms with E-state index >= 15 is 0 Å². The van der Waals surface area contributed by atoms with E-state index in [4.69, 9.17) is 15.1 Å². The van der Waals surface area contributed by atoms with Gasteiger partial charge in [0, 0.05) is 24.9 Å². The van der Waals surface area contributed by atoms with Crippen LogP contribution >= 0.6 is 0 Å². The van der Waals surface area contributed by atoms with E-state index in [0.29, 0.717) is 17.0 Å². The van der Waals surface area contributed by atoms with Crippen molar-refractivity contribution in [2.75, 3.05) is 24.3 Å². The summed E-state index contributed by atoms with van der Waals surface area (Å²) in [6, 6.07) is 6.80. The Kier molecular flexibility index (Phi) is 4.16. The number of sulfonamides is 1. The quantitative estimate of drug-likeness (QED) is 0.854. The first-order valence-electron chi connectivity index (χ1n) is 6.23. The SMILES string of the molecule is COc1ccc(C#N)c(N2CC(CS(N)(=O)=O)CC2=O)c1. The Morgan fingerprint density at radius 1 is 1.52 bits per heavy atom. The molecule has 0 aliphatic carbocycles. The lowest BCUT2D eigenvalue weighted by Gasteiger charge is -2.18. The zero-order chi connectivity index (χ0) is 15.6. The van der Waals surface area contributed by atoms with Crippen LogP contribution < -0.4 is 14.8 Å². The molecule has 112 valence electrons. The highest BCUT2D eigenvalue weighted by Crippen LogP contribution is 2.31. The topological polar surface area (TPSA) is 113 Å². The molecule has 1 aromatic carbocycles. The fourth-order valence-electron chi connectivity index (χ4n) is 2.41. The van der Waals surface area contributed by atoms with Crippen LogP contribution in [0.2, 0.25) is 0 Å². The standard InChI is InChI=1S/C13H15N3O4S/c1-20-11-3-2-10(6-14)12(5-11)16-7-9(4-13(16)17)8-21(15,18)19/h2-3,5,9H,4,7-8H2,1H3,(H2,15,18,19). The highest BCUT2D eigenvalue weighted by molar-refractivity contribution is 7.89. The minimum Gasteiger partial charge on any atom is -0.497 e. The fraction of sp³-hybridized carbons (Fsp3) is 0.385.